The highest BCUT2D eigenvalue weighted by Crippen LogP contribution is 2.21. The van der Waals surface area contributed by atoms with Crippen molar-refractivity contribution in [2.45, 2.75) is 33.2 Å². The highest BCUT2D eigenvalue weighted by Gasteiger charge is 2.08. The van der Waals surface area contributed by atoms with Crippen LogP contribution >= 0.6 is 0 Å². The zero-order chi connectivity index (χ0) is 10.7. The van der Waals surface area contributed by atoms with Gasteiger partial charge in [0.15, 0.2) is 0 Å². The van der Waals surface area contributed by atoms with Gasteiger partial charge in [0, 0.05) is 6.04 Å². The molecule has 76 valence electrons. The average Bonchev–Trinajstić information content (AvgIpc) is 2.01. The molecule has 0 aliphatic carbocycles. The van der Waals surface area contributed by atoms with Crippen LogP contribution in [0.2, 0.25) is 0 Å². The average molecular weight is 189 g/mol. The fourth-order valence-corrected chi connectivity index (χ4v) is 1.73. The van der Waals surface area contributed by atoms with Crippen molar-refractivity contribution in [3.05, 3.63) is 47.0 Å². The molecule has 0 bridgehead atoms. The largest absolute Gasteiger partial charge is 0.324 e. The van der Waals surface area contributed by atoms with Gasteiger partial charge in [0.25, 0.3) is 0 Å². The molecule has 0 aromatic heterocycles. The standard InChI is InChI=1S/C13H19N/c1-9(2)7-13(14)12-6-5-10(3)8-11(12)4/h5-6,8,13H,1,7,14H2,2-4H3. The number of aryl methyl sites for hydroxylation is 2. The number of hydrogen-bond donors (Lipinski definition) is 1. The molecule has 1 unspecified atom stereocenters. The SMILES string of the molecule is C=C(C)CC(N)c1ccc(C)cc1C. The van der Waals surface area contributed by atoms with E-state index in [4.69, 9.17) is 5.73 Å². The molecule has 0 heterocycles. The highest BCUT2D eigenvalue weighted by molar-refractivity contribution is 5.33. The molecule has 0 spiro atoms. The van der Waals surface area contributed by atoms with Crippen LogP contribution in [0, 0.1) is 13.8 Å². The van der Waals surface area contributed by atoms with E-state index in [1.807, 2.05) is 6.92 Å². The van der Waals surface area contributed by atoms with Crippen molar-refractivity contribution in [1.29, 1.82) is 0 Å². The molecule has 0 amide bonds. The summed E-state index contributed by atoms with van der Waals surface area (Å²) in [7, 11) is 0. The van der Waals surface area contributed by atoms with Crippen molar-refractivity contribution in [3.8, 4) is 0 Å². The summed E-state index contributed by atoms with van der Waals surface area (Å²) in [5, 5.41) is 0. The van der Waals surface area contributed by atoms with Crippen molar-refractivity contribution in [1.82, 2.24) is 0 Å². The van der Waals surface area contributed by atoms with E-state index in [2.05, 4.69) is 38.6 Å². The maximum absolute atomic E-state index is 6.09. The minimum absolute atomic E-state index is 0.0908. The van der Waals surface area contributed by atoms with Gasteiger partial charge in [-0.05, 0) is 38.3 Å². The summed E-state index contributed by atoms with van der Waals surface area (Å²) in [6.07, 6.45) is 0.865. The lowest BCUT2D eigenvalue weighted by atomic mass is 9.96. The molecule has 0 saturated carbocycles. The second kappa shape index (κ2) is 4.43. The molecule has 1 rings (SSSR count). The lowest BCUT2D eigenvalue weighted by Gasteiger charge is -2.15. The van der Waals surface area contributed by atoms with Crippen LogP contribution in [-0.4, -0.2) is 0 Å². The van der Waals surface area contributed by atoms with E-state index in [0.717, 1.165) is 12.0 Å². The van der Waals surface area contributed by atoms with Crippen LogP contribution in [0.1, 0.15) is 36.1 Å². The number of rotatable bonds is 3. The smallest absolute Gasteiger partial charge is 0.0334 e. The first-order valence-electron chi connectivity index (χ1n) is 4.98. The predicted octanol–water partition coefficient (Wildman–Crippen LogP) is 3.27. The van der Waals surface area contributed by atoms with Crippen LogP contribution in [-0.2, 0) is 0 Å². The number of nitrogens with two attached hydrogens (primary N) is 1. The first-order chi connectivity index (χ1) is 6.50. The first-order valence-corrected chi connectivity index (χ1v) is 4.98. The maximum Gasteiger partial charge on any atom is 0.0334 e. The summed E-state index contributed by atoms with van der Waals surface area (Å²) in [4.78, 5) is 0. The third-order valence-electron chi connectivity index (χ3n) is 2.39. The van der Waals surface area contributed by atoms with Crippen LogP contribution in [0.25, 0.3) is 0 Å². The van der Waals surface area contributed by atoms with Gasteiger partial charge in [0.1, 0.15) is 0 Å². The zero-order valence-electron chi connectivity index (χ0n) is 9.30. The van der Waals surface area contributed by atoms with Gasteiger partial charge in [-0.3, -0.25) is 0 Å². The number of benzene rings is 1. The van der Waals surface area contributed by atoms with Crippen LogP contribution in [0.5, 0.6) is 0 Å². The molecule has 1 heteroatoms. The van der Waals surface area contributed by atoms with Crippen LogP contribution in [0.15, 0.2) is 30.4 Å². The Labute approximate surface area is 86.6 Å². The molecule has 0 aliphatic rings. The van der Waals surface area contributed by atoms with Crippen molar-refractivity contribution < 1.29 is 0 Å². The second-order valence-corrected chi connectivity index (χ2v) is 4.13. The van der Waals surface area contributed by atoms with Crippen molar-refractivity contribution in [2.24, 2.45) is 5.73 Å². The van der Waals surface area contributed by atoms with Gasteiger partial charge in [-0.2, -0.15) is 0 Å². The molecule has 2 N–H and O–H groups in total. The van der Waals surface area contributed by atoms with E-state index in [9.17, 15) is 0 Å². The fraction of sp³-hybridized carbons (Fsp3) is 0.385. The van der Waals surface area contributed by atoms with Gasteiger partial charge in [0.05, 0.1) is 0 Å². The molecule has 14 heavy (non-hydrogen) atoms. The molecule has 1 nitrogen and oxygen atoms in total. The summed E-state index contributed by atoms with van der Waals surface area (Å²) < 4.78 is 0. The molecular weight excluding hydrogens is 170 g/mol. The topological polar surface area (TPSA) is 26.0 Å². The van der Waals surface area contributed by atoms with Crippen LogP contribution in [0.3, 0.4) is 0 Å². The molecule has 0 aliphatic heterocycles. The summed E-state index contributed by atoms with van der Waals surface area (Å²) in [6.45, 7) is 10.1. The minimum Gasteiger partial charge on any atom is -0.324 e. The molecular formula is C13H19N. The summed E-state index contributed by atoms with van der Waals surface area (Å²) in [6, 6.07) is 6.50. The molecule has 1 aromatic rings. The van der Waals surface area contributed by atoms with E-state index in [1.54, 1.807) is 0 Å². The van der Waals surface area contributed by atoms with Crippen LogP contribution < -0.4 is 5.73 Å². The molecule has 0 radical (unpaired) electrons. The first kappa shape index (κ1) is 11.0. The van der Waals surface area contributed by atoms with E-state index >= 15 is 0 Å². The van der Waals surface area contributed by atoms with Gasteiger partial charge in [-0.25, -0.2) is 0 Å². The van der Waals surface area contributed by atoms with Gasteiger partial charge in [-0.1, -0.05) is 29.3 Å². The number of hydrogen-bond acceptors (Lipinski definition) is 1. The Morgan fingerprint density at radius 3 is 2.57 bits per heavy atom. The molecule has 1 atom stereocenters. The lowest BCUT2D eigenvalue weighted by Crippen LogP contribution is -2.11. The van der Waals surface area contributed by atoms with Gasteiger partial charge >= 0.3 is 0 Å². The summed E-state index contributed by atoms with van der Waals surface area (Å²) in [5.41, 5.74) is 11.0. The summed E-state index contributed by atoms with van der Waals surface area (Å²) >= 11 is 0. The lowest BCUT2D eigenvalue weighted by molar-refractivity contribution is 0.712. The van der Waals surface area contributed by atoms with Gasteiger partial charge < -0.3 is 5.73 Å². The van der Waals surface area contributed by atoms with Crippen molar-refractivity contribution in [2.75, 3.05) is 0 Å². The Morgan fingerprint density at radius 1 is 1.43 bits per heavy atom. The summed E-state index contributed by atoms with van der Waals surface area (Å²) in [5.74, 6) is 0. The van der Waals surface area contributed by atoms with E-state index in [0.29, 0.717) is 0 Å². The molecule has 0 fully saturated rings. The highest BCUT2D eigenvalue weighted by atomic mass is 14.6. The van der Waals surface area contributed by atoms with Gasteiger partial charge in [-0.15, -0.1) is 6.58 Å². The van der Waals surface area contributed by atoms with Gasteiger partial charge in [0.2, 0.25) is 0 Å². The molecule has 0 saturated heterocycles. The normalized spacial score (nSPS) is 12.6. The van der Waals surface area contributed by atoms with E-state index < -0.39 is 0 Å². The minimum atomic E-state index is 0.0908. The molecule has 1 aromatic carbocycles. The predicted molar refractivity (Wildman–Crippen MR) is 62.3 cm³/mol. The Morgan fingerprint density at radius 2 is 2.07 bits per heavy atom. The Hall–Kier alpha value is -1.08. The Balaban J connectivity index is 2.90. The third kappa shape index (κ3) is 2.71. The monoisotopic (exact) mass is 189 g/mol. The second-order valence-electron chi connectivity index (χ2n) is 4.13. The van der Waals surface area contributed by atoms with Crippen LogP contribution in [0.4, 0.5) is 0 Å². The van der Waals surface area contributed by atoms with E-state index in [1.165, 1.54) is 16.7 Å². The Kier molecular flexibility index (Phi) is 3.48. The Bertz CT molecular complexity index is 339. The van der Waals surface area contributed by atoms with Crippen molar-refractivity contribution >= 4 is 0 Å². The maximum atomic E-state index is 6.09. The quantitative estimate of drug-likeness (QED) is 0.726. The fourth-order valence-electron chi connectivity index (χ4n) is 1.73. The van der Waals surface area contributed by atoms with E-state index in [-0.39, 0.29) is 6.04 Å². The third-order valence-corrected chi connectivity index (χ3v) is 2.39. The zero-order valence-corrected chi connectivity index (χ0v) is 9.30. The van der Waals surface area contributed by atoms with Crippen molar-refractivity contribution in [3.63, 3.8) is 0 Å².